The minimum atomic E-state index is -1.64. The highest BCUT2D eigenvalue weighted by molar-refractivity contribution is 5.92. The molecule has 12 heteroatoms. The highest BCUT2D eigenvalue weighted by atomic mass is 16.7. The Hall–Kier alpha value is -1.29. The van der Waals surface area contributed by atoms with Gasteiger partial charge >= 0.3 is 0 Å². The summed E-state index contributed by atoms with van der Waals surface area (Å²) in [5, 5.41) is 71.3. The number of carbonyl (C=O) groups excluding carboxylic acids is 1. The van der Waals surface area contributed by atoms with Gasteiger partial charge in [0, 0.05) is 11.8 Å². The van der Waals surface area contributed by atoms with E-state index in [1.165, 1.54) is 12.2 Å². The fraction of sp³-hybridized carbons (Fsp3) is 0.792. The van der Waals surface area contributed by atoms with Gasteiger partial charge in [-0.25, -0.2) is 0 Å². The monoisotopic (exact) mass is 518 g/mol. The van der Waals surface area contributed by atoms with Gasteiger partial charge in [0.2, 0.25) is 0 Å². The van der Waals surface area contributed by atoms with Gasteiger partial charge in [-0.1, -0.05) is 19.9 Å². The van der Waals surface area contributed by atoms with Crippen LogP contribution in [0.25, 0.3) is 0 Å². The van der Waals surface area contributed by atoms with E-state index in [9.17, 15) is 40.5 Å². The van der Waals surface area contributed by atoms with Crippen LogP contribution < -0.4 is 0 Å². The zero-order valence-electron chi connectivity index (χ0n) is 20.8. The second-order valence-corrected chi connectivity index (χ2v) is 10.4. The van der Waals surface area contributed by atoms with E-state index >= 15 is 0 Å². The van der Waals surface area contributed by atoms with E-state index in [-0.39, 0.29) is 12.2 Å². The molecule has 0 aromatic rings. The summed E-state index contributed by atoms with van der Waals surface area (Å²) in [5.74, 6) is -0.0729. The maximum Gasteiger partial charge on any atom is 0.187 e. The normalized spacial score (nSPS) is 44.1. The van der Waals surface area contributed by atoms with Crippen LogP contribution in [0.4, 0.5) is 0 Å². The SMILES string of the molecule is CC1=CC(=O)CC(C)(C)C1(O)C=CC(C)OC1OC(COC2OC(CO)C(O)C2O)C(O)C(O)C1O. The van der Waals surface area contributed by atoms with Crippen LogP contribution in [0, 0.1) is 5.41 Å². The Balaban J connectivity index is 1.64. The molecule has 2 aliphatic heterocycles. The Labute approximate surface area is 209 Å². The van der Waals surface area contributed by atoms with Crippen molar-refractivity contribution in [1.82, 2.24) is 0 Å². The highest BCUT2D eigenvalue weighted by Gasteiger charge is 2.48. The van der Waals surface area contributed by atoms with E-state index in [1.54, 1.807) is 33.8 Å². The minimum Gasteiger partial charge on any atom is -0.394 e. The molecule has 0 radical (unpaired) electrons. The average molecular weight is 519 g/mol. The van der Waals surface area contributed by atoms with E-state index < -0.39 is 85.6 Å². The zero-order valence-corrected chi connectivity index (χ0v) is 20.8. The number of hydrogen-bond acceptors (Lipinski definition) is 12. The second kappa shape index (κ2) is 11.2. The van der Waals surface area contributed by atoms with Gasteiger partial charge in [0.25, 0.3) is 0 Å². The molecular weight excluding hydrogens is 480 g/mol. The first kappa shape index (κ1) is 29.3. The first-order chi connectivity index (χ1) is 16.7. The molecule has 0 spiro atoms. The van der Waals surface area contributed by atoms with Crippen molar-refractivity contribution < 1.29 is 59.5 Å². The molecule has 3 rings (SSSR count). The van der Waals surface area contributed by atoms with Crippen LogP contribution in [-0.4, -0.2) is 122 Å². The van der Waals surface area contributed by atoms with Crippen molar-refractivity contribution in [3.05, 3.63) is 23.8 Å². The van der Waals surface area contributed by atoms with E-state index in [1.807, 2.05) is 0 Å². The van der Waals surface area contributed by atoms with Crippen molar-refractivity contribution >= 4 is 5.78 Å². The molecule has 1 aliphatic carbocycles. The average Bonchev–Trinajstić information content (AvgIpc) is 3.08. The number of ketones is 1. The third-order valence-electron chi connectivity index (χ3n) is 7.18. The van der Waals surface area contributed by atoms with Gasteiger partial charge in [0.1, 0.15) is 48.3 Å². The molecule has 0 aromatic carbocycles. The zero-order chi connectivity index (χ0) is 27.0. The smallest absolute Gasteiger partial charge is 0.187 e. The molecule has 3 aliphatic rings. The number of allylic oxidation sites excluding steroid dienone is 1. The molecule has 7 N–H and O–H groups in total. The summed E-state index contributed by atoms with van der Waals surface area (Å²) in [7, 11) is 0. The summed E-state index contributed by atoms with van der Waals surface area (Å²) in [4.78, 5) is 11.9. The van der Waals surface area contributed by atoms with Crippen molar-refractivity contribution in [1.29, 1.82) is 0 Å². The lowest BCUT2D eigenvalue weighted by Gasteiger charge is -2.44. The quantitative estimate of drug-likeness (QED) is 0.173. The van der Waals surface area contributed by atoms with Crippen molar-refractivity contribution in [2.75, 3.05) is 13.2 Å². The first-order valence-electron chi connectivity index (χ1n) is 11.9. The Morgan fingerprint density at radius 3 is 2.19 bits per heavy atom. The van der Waals surface area contributed by atoms with Crippen LogP contribution in [0.3, 0.4) is 0 Å². The fourth-order valence-corrected chi connectivity index (χ4v) is 4.75. The van der Waals surface area contributed by atoms with Gasteiger partial charge in [-0.05, 0) is 31.6 Å². The highest BCUT2D eigenvalue weighted by Crippen LogP contribution is 2.44. The van der Waals surface area contributed by atoms with E-state index in [0.29, 0.717) is 5.57 Å². The molecule has 206 valence electrons. The number of aliphatic hydroxyl groups is 7. The molecule has 0 aromatic heterocycles. The fourth-order valence-electron chi connectivity index (χ4n) is 4.75. The largest absolute Gasteiger partial charge is 0.394 e. The molecule has 11 atom stereocenters. The van der Waals surface area contributed by atoms with Crippen molar-refractivity contribution in [3.8, 4) is 0 Å². The number of hydrogen-bond donors (Lipinski definition) is 7. The molecule has 0 amide bonds. The van der Waals surface area contributed by atoms with E-state index in [2.05, 4.69) is 0 Å². The predicted octanol–water partition coefficient (Wildman–Crippen LogP) is -2.11. The summed E-state index contributed by atoms with van der Waals surface area (Å²) in [6.07, 6.45) is -8.62. The summed E-state index contributed by atoms with van der Waals surface area (Å²) >= 11 is 0. The van der Waals surface area contributed by atoms with Crippen molar-refractivity contribution in [2.45, 2.75) is 101 Å². The summed E-state index contributed by atoms with van der Waals surface area (Å²) in [6, 6.07) is 0. The molecule has 11 unspecified atom stereocenters. The van der Waals surface area contributed by atoms with Crippen LogP contribution in [0.5, 0.6) is 0 Å². The summed E-state index contributed by atoms with van der Waals surface area (Å²) in [5.41, 5.74) is -1.68. The molecule has 0 bridgehead atoms. The minimum absolute atomic E-state index is 0.0729. The van der Waals surface area contributed by atoms with Gasteiger partial charge in [-0.3, -0.25) is 4.79 Å². The maximum atomic E-state index is 11.9. The van der Waals surface area contributed by atoms with Crippen LogP contribution in [0.1, 0.15) is 34.1 Å². The molecule has 12 nitrogen and oxygen atoms in total. The predicted molar refractivity (Wildman–Crippen MR) is 122 cm³/mol. The van der Waals surface area contributed by atoms with Gasteiger partial charge in [-0.15, -0.1) is 0 Å². The van der Waals surface area contributed by atoms with Gasteiger partial charge in [0.15, 0.2) is 18.4 Å². The number of ether oxygens (including phenoxy) is 4. The van der Waals surface area contributed by atoms with Crippen LogP contribution in [0.2, 0.25) is 0 Å². The molecule has 36 heavy (non-hydrogen) atoms. The Bertz CT molecular complexity index is 843. The lowest BCUT2D eigenvalue weighted by atomic mass is 9.64. The van der Waals surface area contributed by atoms with Gasteiger partial charge < -0.3 is 54.7 Å². The summed E-state index contributed by atoms with van der Waals surface area (Å²) in [6.45, 7) is 5.91. The Kier molecular flexibility index (Phi) is 9.12. The number of rotatable bonds is 8. The maximum absolute atomic E-state index is 11.9. The standard InChI is InChI=1S/C24H38O12/c1-11-7-13(26)8-23(3,4)24(11,32)6-5-12(2)34-22-20(31)18(29)17(28)15(36-22)10-33-21-19(30)16(27)14(9-25)35-21/h5-7,12,14-22,25,27-32H,8-10H2,1-4H3. The molecule has 2 saturated heterocycles. The van der Waals surface area contributed by atoms with Crippen LogP contribution in [0.15, 0.2) is 23.8 Å². The molecule has 2 fully saturated rings. The number of aliphatic hydroxyl groups excluding tert-OH is 6. The van der Waals surface area contributed by atoms with E-state index in [4.69, 9.17) is 18.9 Å². The van der Waals surface area contributed by atoms with Gasteiger partial charge in [-0.2, -0.15) is 0 Å². The molecular formula is C24H38O12. The Morgan fingerprint density at radius 1 is 1.03 bits per heavy atom. The third kappa shape index (κ3) is 5.74. The summed E-state index contributed by atoms with van der Waals surface area (Å²) < 4.78 is 21.9. The van der Waals surface area contributed by atoms with Crippen molar-refractivity contribution in [2.24, 2.45) is 5.41 Å². The van der Waals surface area contributed by atoms with Crippen LogP contribution >= 0.6 is 0 Å². The molecule has 0 saturated carbocycles. The first-order valence-corrected chi connectivity index (χ1v) is 11.9. The lowest BCUT2D eigenvalue weighted by molar-refractivity contribution is -0.314. The van der Waals surface area contributed by atoms with Gasteiger partial charge in [0.05, 0.1) is 19.3 Å². The Morgan fingerprint density at radius 2 is 1.61 bits per heavy atom. The topological polar surface area (TPSA) is 196 Å². The van der Waals surface area contributed by atoms with E-state index in [0.717, 1.165) is 0 Å². The lowest BCUT2D eigenvalue weighted by Crippen LogP contribution is -2.60. The molecule has 2 heterocycles. The number of carbonyl (C=O) groups is 1. The van der Waals surface area contributed by atoms with Crippen LogP contribution in [-0.2, 0) is 23.7 Å². The third-order valence-corrected chi connectivity index (χ3v) is 7.18. The second-order valence-electron chi connectivity index (χ2n) is 10.4. The van der Waals surface area contributed by atoms with Crippen molar-refractivity contribution in [3.63, 3.8) is 0 Å².